The van der Waals surface area contributed by atoms with Gasteiger partial charge in [0.05, 0.1) is 0 Å². The van der Waals surface area contributed by atoms with E-state index < -0.39 is 0 Å². The summed E-state index contributed by atoms with van der Waals surface area (Å²) in [5.74, 6) is 0.783. The molecule has 80 valence electrons. The van der Waals surface area contributed by atoms with Crippen molar-refractivity contribution < 1.29 is 4.74 Å². The Balaban J connectivity index is 3.04. The molecule has 0 fully saturated rings. The number of nitriles is 1. The molecule has 0 unspecified atom stereocenters. The maximum Gasteiger partial charge on any atom is 0.174 e. The average molecular weight is 244 g/mol. The van der Waals surface area contributed by atoms with Gasteiger partial charge < -0.3 is 4.74 Å². The molecule has 0 heterocycles. The van der Waals surface area contributed by atoms with E-state index in [0.717, 1.165) is 5.56 Å². The fourth-order valence-corrected chi connectivity index (χ4v) is 2.22. The summed E-state index contributed by atoms with van der Waals surface area (Å²) in [4.78, 5) is 0. The Morgan fingerprint density at radius 3 is 2.27 bits per heavy atom. The van der Waals surface area contributed by atoms with Crippen molar-refractivity contribution in [2.75, 3.05) is 6.61 Å². The van der Waals surface area contributed by atoms with Gasteiger partial charge in [-0.3, -0.25) is 0 Å². The smallest absolute Gasteiger partial charge is 0.174 e. The van der Waals surface area contributed by atoms with E-state index in [4.69, 9.17) is 33.2 Å². The minimum absolute atomic E-state index is 0.00627. The van der Waals surface area contributed by atoms with Crippen molar-refractivity contribution >= 4 is 23.2 Å². The minimum Gasteiger partial charge on any atom is -0.479 e. The lowest BCUT2D eigenvalue weighted by atomic mass is 10.0. The van der Waals surface area contributed by atoms with E-state index in [0.29, 0.717) is 15.8 Å². The van der Waals surface area contributed by atoms with Crippen LogP contribution >= 0.6 is 23.2 Å². The van der Waals surface area contributed by atoms with E-state index in [1.165, 1.54) is 0 Å². The van der Waals surface area contributed by atoms with Crippen LogP contribution in [0.5, 0.6) is 5.75 Å². The van der Waals surface area contributed by atoms with E-state index in [9.17, 15) is 0 Å². The number of benzene rings is 1. The molecule has 1 rings (SSSR count). The van der Waals surface area contributed by atoms with Crippen molar-refractivity contribution in [3.8, 4) is 11.8 Å². The molecule has 0 bridgehead atoms. The molecular formula is C11H11Cl2NO. The Bertz CT molecular complexity index is 373. The average Bonchev–Trinajstić information content (AvgIpc) is 2.12. The van der Waals surface area contributed by atoms with Crippen molar-refractivity contribution in [3.63, 3.8) is 0 Å². The molecule has 1 aromatic carbocycles. The highest BCUT2D eigenvalue weighted by Gasteiger charge is 2.12. The summed E-state index contributed by atoms with van der Waals surface area (Å²) in [7, 11) is 0. The standard InChI is InChI=1S/C11H11Cl2NO/c1-7(2)11-9(12)5-8(6-10(11)13)15-4-3-14/h5-7H,4H2,1-2H3. The Morgan fingerprint density at radius 1 is 1.33 bits per heavy atom. The van der Waals surface area contributed by atoms with E-state index in [1.54, 1.807) is 12.1 Å². The second kappa shape index (κ2) is 5.25. The monoisotopic (exact) mass is 243 g/mol. The third kappa shape index (κ3) is 3.02. The van der Waals surface area contributed by atoms with E-state index in [-0.39, 0.29) is 12.5 Å². The third-order valence-corrected chi connectivity index (χ3v) is 2.56. The predicted octanol–water partition coefficient (Wildman–Crippen LogP) is 4.02. The van der Waals surface area contributed by atoms with Gasteiger partial charge >= 0.3 is 0 Å². The Hall–Kier alpha value is -0.910. The van der Waals surface area contributed by atoms with Gasteiger partial charge in [0.2, 0.25) is 0 Å². The molecule has 0 saturated heterocycles. The molecule has 0 aromatic heterocycles. The zero-order chi connectivity index (χ0) is 11.4. The van der Waals surface area contributed by atoms with Gasteiger partial charge in [-0.05, 0) is 23.6 Å². The van der Waals surface area contributed by atoms with Crippen LogP contribution in [0.2, 0.25) is 10.0 Å². The van der Waals surface area contributed by atoms with Crippen LogP contribution in [-0.4, -0.2) is 6.61 Å². The molecule has 15 heavy (non-hydrogen) atoms. The van der Waals surface area contributed by atoms with Gasteiger partial charge in [-0.1, -0.05) is 37.0 Å². The van der Waals surface area contributed by atoms with Gasteiger partial charge in [0.15, 0.2) is 6.61 Å². The highest BCUT2D eigenvalue weighted by molar-refractivity contribution is 6.36. The highest BCUT2D eigenvalue weighted by atomic mass is 35.5. The summed E-state index contributed by atoms with van der Waals surface area (Å²) in [5, 5.41) is 9.52. The first kappa shape index (κ1) is 12.2. The van der Waals surface area contributed by atoms with Crippen LogP contribution in [0.25, 0.3) is 0 Å². The fraction of sp³-hybridized carbons (Fsp3) is 0.364. The quantitative estimate of drug-likeness (QED) is 0.804. The van der Waals surface area contributed by atoms with Crippen molar-refractivity contribution in [1.82, 2.24) is 0 Å². The maximum atomic E-state index is 8.37. The molecule has 0 spiro atoms. The van der Waals surface area contributed by atoms with E-state index in [1.807, 2.05) is 19.9 Å². The molecule has 0 amide bonds. The fourth-order valence-electron chi connectivity index (χ4n) is 1.31. The molecule has 0 N–H and O–H groups in total. The third-order valence-electron chi connectivity index (χ3n) is 1.93. The van der Waals surface area contributed by atoms with Crippen molar-refractivity contribution in [2.24, 2.45) is 0 Å². The Morgan fingerprint density at radius 2 is 1.87 bits per heavy atom. The van der Waals surface area contributed by atoms with Gasteiger partial charge in [0, 0.05) is 10.0 Å². The van der Waals surface area contributed by atoms with Crippen LogP contribution in [0.15, 0.2) is 12.1 Å². The van der Waals surface area contributed by atoms with Crippen LogP contribution in [0.1, 0.15) is 25.3 Å². The van der Waals surface area contributed by atoms with Gasteiger partial charge in [0.1, 0.15) is 11.8 Å². The molecular weight excluding hydrogens is 233 g/mol. The molecule has 2 nitrogen and oxygen atoms in total. The SMILES string of the molecule is CC(C)c1c(Cl)cc(OCC#N)cc1Cl. The second-order valence-corrected chi connectivity index (χ2v) is 4.22. The summed E-state index contributed by atoms with van der Waals surface area (Å²) < 4.78 is 5.12. The maximum absolute atomic E-state index is 8.37. The molecule has 1 aromatic rings. The first-order valence-electron chi connectivity index (χ1n) is 4.55. The first-order chi connectivity index (χ1) is 7.06. The van der Waals surface area contributed by atoms with Crippen LogP contribution in [0.4, 0.5) is 0 Å². The normalized spacial score (nSPS) is 10.1. The lowest BCUT2D eigenvalue weighted by Gasteiger charge is -2.12. The first-order valence-corrected chi connectivity index (χ1v) is 5.30. The van der Waals surface area contributed by atoms with Gasteiger partial charge in [-0.2, -0.15) is 5.26 Å². The van der Waals surface area contributed by atoms with Crippen LogP contribution < -0.4 is 4.74 Å². The van der Waals surface area contributed by atoms with Gasteiger partial charge in [-0.15, -0.1) is 0 Å². The van der Waals surface area contributed by atoms with Gasteiger partial charge in [-0.25, -0.2) is 0 Å². The van der Waals surface area contributed by atoms with E-state index >= 15 is 0 Å². The highest BCUT2D eigenvalue weighted by Crippen LogP contribution is 2.35. The molecule has 0 saturated carbocycles. The zero-order valence-corrected chi connectivity index (χ0v) is 10.1. The summed E-state index contributed by atoms with van der Waals surface area (Å²) in [6.45, 7) is 4.03. The van der Waals surface area contributed by atoms with Gasteiger partial charge in [0.25, 0.3) is 0 Å². The number of hydrogen-bond acceptors (Lipinski definition) is 2. The summed E-state index contributed by atoms with van der Waals surface area (Å²) in [6.07, 6.45) is 0. The summed E-state index contributed by atoms with van der Waals surface area (Å²) >= 11 is 12.1. The van der Waals surface area contributed by atoms with Crippen LogP contribution in [0, 0.1) is 11.3 Å². The lowest BCUT2D eigenvalue weighted by Crippen LogP contribution is -1.96. The predicted molar refractivity (Wildman–Crippen MR) is 61.7 cm³/mol. The summed E-state index contributed by atoms with van der Waals surface area (Å²) in [5.41, 5.74) is 0.905. The molecule has 0 aliphatic heterocycles. The number of hydrogen-bond donors (Lipinski definition) is 0. The second-order valence-electron chi connectivity index (χ2n) is 3.40. The number of ether oxygens (including phenoxy) is 1. The molecule has 4 heteroatoms. The molecule has 0 atom stereocenters. The largest absolute Gasteiger partial charge is 0.479 e. The molecule has 0 radical (unpaired) electrons. The van der Waals surface area contributed by atoms with Crippen molar-refractivity contribution in [3.05, 3.63) is 27.7 Å². The van der Waals surface area contributed by atoms with Crippen LogP contribution in [0.3, 0.4) is 0 Å². The molecule has 0 aliphatic carbocycles. The Labute approximate surface area is 99.4 Å². The Kier molecular flexibility index (Phi) is 4.26. The lowest BCUT2D eigenvalue weighted by molar-refractivity contribution is 0.368. The van der Waals surface area contributed by atoms with Crippen LogP contribution in [-0.2, 0) is 0 Å². The molecule has 0 aliphatic rings. The number of nitrogens with zero attached hydrogens (tertiary/aromatic N) is 1. The minimum atomic E-state index is -0.00627. The van der Waals surface area contributed by atoms with Crippen molar-refractivity contribution in [1.29, 1.82) is 5.26 Å². The summed E-state index contributed by atoms with van der Waals surface area (Å²) in [6, 6.07) is 5.25. The number of rotatable bonds is 3. The number of halogens is 2. The topological polar surface area (TPSA) is 33.0 Å². The zero-order valence-electron chi connectivity index (χ0n) is 8.55. The van der Waals surface area contributed by atoms with Crippen molar-refractivity contribution in [2.45, 2.75) is 19.8 Å². The van der Waals surface area contributed by atoms with E-state index in [2.05, 4.69) is 0 Å².